The van der Waals surface area contributed by atoms with Crippen LogP contribution in [0.25, 0.3) is 0 Å². The number of nitrogen functional groups attached to an aromatic ring is 1. The zero-order valence-corrected chi connectivity index (χ0v) is 11.3. The van der Waals surface area contributed by atoms with Gasteiger partial charge in [0.2, 0.25) is 0 Å². The summed E-state index contributed by atoms with van der Waals surface area (Å²) in [5.74, 6) is 1.52. The van der Waals surface area contributed by atoms with Crippen LogP contribution in [0.4, 0.5) is 5.69 Å². The van der Waals surface area contributed by atoms with Crippen molar-refractivity contribution in [3.05, 3.63) is 27.8 Å². The molecule has 96 valence electrons. The van der Waals surface area contributed by atoms with Gasteiger partial charge in [0, 0.05) is 12.5 Å². The van der Waals surface area contributed by atoms with Gasteiger partial charge in [-0.15, -0.1) is 0 Å². The largest absolute Gasteiger partial charge is 0.397 e. The summed E-state index contributed by atoms with van der Waals surface area (Å²) in [7, 11) is 0. The Hall–Kier alpha value is -1.22. The zero-order chi connectivity index (χ0) is 12.7. The second-order valence-electron chi connectivity index (χ2n) is 5.13. The highest BCUT2D eigenvalue weighted by Crippen LogP contribution is 2.40. The number of nitrogens with zero attached hydrogens (tertiary/aromatic N) is 1. The van der Waals surface area contributed by atoms with E-state index in [1.54, 1.807) is 0 Å². The van der Waals surface area contributed by atoms with Crippen molar-refractivity contribution in [3.63, 3.8) is 0 Å². The summed E-state index contributed by atoms with van der Waals surface area (Å²) in [6, 6.07) is 2.20. The fourth-order valence-corrected chi connectivity index (χ4v) is 3.35. The monoisotopic (exact) mass is 263 g/mol. The van der Waals surface area contributed by atoms with Crippen molar-refractivity contribution >= 4 is 23.1 Å². The third-order valence-corrected chi connectivity index (χ3v) is 4.40. The van der Waals surface area contributed by atoms with E-state index in [0.717, 1.165) is 54.5 Å². The molecule has 3 rings (SSSR count). The highest BCUT2D eigenvalue weighted by molar-refractivity contribution is 6.34. The second-order valence-corrected chi connectivity index (χ2v) is 5.51. The van der Waals surface area contributed by atoms with Crippen molar-refractivity contribution in [2.24, 2.45) is 4.99 Å². The zero-order valence-electron chi connectivity index (χ0n) is 10.6. The summed E-state index contributed by atoms with van der Waals surface area (Å²) in [6.45, 7) is 3.88. The van der Waals surface area contributed by atoms with Crippen LogP contribution in [0, 0.1) is 6.92 Å². The number of anilines is 1. The maximum absolute atomic E-state index is 6.40. The van der Waals surface area contributed by atoms with E-state index in [9.17, 15) is 0 Å². The number of aliphatic imine (C=N–C) groups is 1. The molecule has 0 radical (unpaired) electrons. The first kappa shape index (κ1) is 11.8. The molecule has 4 heteroatoms. The minimum absolute atomic E-state index is 0.382. The molecule has 1 unspecified atom stereocenters. The highest BCUT2D eigenvalue weighted by atomic mass is 35.5. The molecule has 18 heavy (non-hydrogen) atoms. The Kier molecular flexibility index (Phi) is 2.94. The Morgan fingerprint density at radius 2 is 2.33 bits per heavy atom. The molecule has 1 aromatic rings. The standard InChI is InChI=1S/C14H18ClN3/c1-8-7-11-9(12(15)13(8)16)3-2-4-10(11)14-17-5-6-18-14/h7,10H,2-6,16H2,1H3,(H,17,18). The molecule has 2 aliphatic rings. The molecule has 3 N–H and O–H groups in total. The van der Waals surface area contributed by atoms with Gasteiger partial charge >= 0.3 is 0 Å². The third-order valence-electron chi connectivity index (χ3n) is 3.97. The summed E-state index contributed by atoms with van der Waals surface area (Å²) in [4.78, 5) is 4.57. The van der Waals surface area contributed by atoms with Gasteiger partial charge in [-0.2, -0.15) is 0 Å². The van der Waals surface area contributed by atoms with Gasteiger partial charge in [-0.3, -0.25) is 4.99 Å². The molecular weight excluding hydrogens is 246 g/mol. The summed E-state index contributed by atoms with van der Waals surface area (Å²) >= 11 is 6.40. The smallest absolute Gasteiger partial charge is 0.104 e. The fraction of sp³-hybridized carbons (Fsp3) is 0.500. The molecular formula is C14H18ClN3. The van der Waals surface area contributed by atoms with Gasteiger partial charge < -0.3 is 11.1 Å². The van der Waals surface area contributed by atoms with Crippen molar-refractivity contribution in [2.45, 2.75) is 32.1 Å². The van der Waals surface area contributed by atoms with Gasteiger partial charge in [0.25, 0.3) is 0 Å². The lowest BCUT2D eigenvalue weighted by Gasteiger charge is -2.28. The summed E-state index contributed by atoms with van der Waals surface area (Å²) in [6.07, 6.45) is 3.33. The molecule has 0 saturated heterocycles. The molecule has 0 spiro atoms. The van der Waals surface area contributed by atoms with E-state index in [2.05, 4.69) is 16.4 Å². The molecule has 0 bridgehead atoms. The van der Waals surface area contributed by atoms with Crippen LogP contribution in [0.1, 0.15) is 35.4 Å². The summed E-state index contributed by atoms with van der Waals surface area (Å²) in [5, 5.41) is 4.15. The lowest BCUT2D eigenvalue weighted by atomic mass is 9.81. The topological polar surface area (TPSA) is 50.4 Å². The van der Waals surface area contributed by atoms with Crippen molar-refractivity contribution in [1.82, 2.24) is 5.32 Å². The van der Waals surface area contributed by atoms with Crippen LogP contribution in [0.5, 0.6) is 0 Å². The number of fused-ring (bicyclic) bond motifs is 1. The van der Waals surface area contributed by atoms with Crippen LogP contribution in [0.15, 0.2) is 11.1 Å². The van der Waals surface area contributed by atoms with E-state index in [4.69, 9.17) is 17.3 Å². The molecule has 1 aliphatic heterocycles. The van der Waals surface area contributed by atoms with E-state index >= 15 is 0 Å². The number of benzene rings is 1. The quantitative estimate of drug-likeness (QED) is 0.766. The number of amidine groups is 1. The fourth-order valence-electron chi connectivity index (χ4n) is 3.00. The van der Waals surface area contributed by atoms with Gasteiger partial charge in [-0.05, 0) is 42.9 Å². The minimum atomic E-state index is 0.382. The van der Waals surface area contributed by atoms with Crippen molar-refractivity contribution in [1.29, 1.82) is 0 Å². The normalized spacial score (nSPS) is 22.3. The number of hydrogen-bond donors (Lipinski definition) is 2. The van der Waals surface area contributed by atoms with Crippen LogP contribution in [-0.2, 0) is 6.42 Å². The van der Waals surface area contributed by atoms with E-state index < -0.39 is 0 Å². The minimum Gasteiger partial charge on any atom is -0.397 e. The molecule has 3 nitrogen and oxygen atoms in total. The van der Waals surface area contributed by atoms with Crippen LogP contribution in [-0.4, -0.2) is 18.9 Å². The van der Waals surface area contributed by atoms with Crippen LogP contribution in [0.2, 0.25) is 5.02 Å². The molecule has 0 saturated carbocycles. The average molecular weight is 264 g/mol. The van der Waals surface area contributed by atoms with Gasteiger partial charge in [0.1, 0.15) is 5.84 Å². The lowest BCUT2D eigenvalue weighted by Crippen LogP contribution is -2.28. The number of nitrogens with one attached hydrogen (secondary N) is 1. The number of rotatable bonds is 1. The summed E-state index contributed by atoms with van der Waals surface area (Å²) in [5.41, 5.74) is 10.4. The maximum atomic E-state index is 6.40. The van der Waals surface area contributed by atoms with Crippen molar-refractivity contribution in [2.75, 3.05) is 18.8 Å². The third kappa shape index (κ3) is 1.77. The van der Waals surface area contributed by atoms with Crippen molar-refractivity contribution in [3.8, 4) is 0 Å². The molecule has 1 atom stereocenters. The number of halogens is 1. The molecule has 1 aromatic carbocycles. The molecule has 1 aliphatic carbocycles. The van der Waals surface area contributed by atoms with E-state index in [-0.39, 0.29) is 0 Å². The predicted octanol–water partition coefficient (Wildman–Crippen LogP) is 2.65. The average Bonchev–Trinajstić information content (AvgIpc) is 2.89. The first-order valence-electron chi connectivity index (χ1n) is 6.54. The summed E-state index contributed by atoms with van der Waals surface area (Å²) < 4.78 is 0. The maximum Gasteiger partial charge on any atom is 0.104 e. The van der Waals surface area contributed by atoms with Crippen LogP contribution in [0.3, 0.4) is 0 Å². The van der Waals surface area contributed by atoms with E-state index in [1.165, 1.54) is 11.1 Å². The van der Waals surface area contributed by atoms with Crippen LogP contribution >= 0.6 is 11.6 Å². The number of aryl methyl sites for hydroxylation is 1. The van der Waals surface area contributed by atoms with Gasteiger partial charge in [0.05, 0.1) is 17.3 Å². The number of hydrogen-bond acceptors (Lipinski definition) is 3. The molecule has 1 heterocycles. The van der Waals surface area contributed by atoms with Gasteiger partial charge in [0.15, 0.2) is 0 Å². The van der Waals surface area contributed by atoms with Crippen molar-refractivity contribution < 1.29 is 0 Å². The molecule has 0 amide bonds. The Labute approximate surface area is 112 Å². The Balaban J connectivity index is 2.10. The molecule has 0 fully saturated rings. The Morgan fingerprint density at radius 3 is 3.06 bits per heavy atom. The Morgan fingerprint density at radius 1 is 1.50 bits per heavy atom. The first-order valence-corrected chi connectivity index (χ1v) is 6.92. The van der Waals surface area contributed by atoms with Crippen LogP contribution < -0.4 is 11.1 Å². The highest BCUT2D eigenvalue weighted by Gasteiger charge is 2.28. The second kappa shape index (κ2) is 4.47. The SMILES string of the molecule is Cc1cc2c(c(Cl)c1N)CCCC2C1=NCCN1. The van der Waals surface area contributed by atoms with E-state index in [1.807, 2.05) is 6.92 Å². The lowest BCUT2D eigenvalue weighted by molar-refractivity contribution is 0.641. The first-order chi connectivity index (χ1) is 8.68. The Bertz CT molecular complexity index is 522. The van der Waals surface area contributed by atoms with E-state index in [0.29, 0.717) is 5.92 Å². The molecule has 0 aromatic heterocycles. The predicted molar refractivity (Wildman–Crippen MR) is 76.6 cm³/mol. The van der Waals surface area contributed by atoms with Gasteiger partial charge in [-0.1, -0.05) is 17.7 Å². The number of nitrogens with two attached hydrogens (primary N) is 1. The van der Waals surface area contributed by atoms with Gasteiger partial charge in [-0.25, -0.2) is 0 Å².